The number of carbonyl (C=O) groups is 1. The van der Waals surface area contributed by atoms with Gasteiger partial charge in [-0.05, 0) is 19.3 Å². The highest BCUT2D eigenvalue weighted by Crippen LogP contribution is 2.31. The first-order valence-electron chi connectivity index (χ1n) is 9.66. The standard InChI is InChI=1S/C17H30N4O5S/c1-2-27(24,25)18-12-15-19-17(26-21-15)14(11-16(22)20-23)10-6-9-13-7-4-3-5-8-13/h13-14,18,23H,2-12H2,1H3,(H,20,22)/t14-/m0/s1. The van der Waals surface area contributed by atoms with Gasteiger partial charge in [0.1, 0.15) is 0 Å². The molecule has 1 aromatic rings. The van der Waals surface area contributed by atoms with Gasteiger partial charge in [-0.15, -0.1) is 0 Å². The summed E-state index contributed by atoms with van der Waals surface area (Å²) in [6, 6.07) is 0. The molecule has 1 saturated carbocycles. The summed E-state index contributed by atoms with van der Waals surface area (Å²) in [7, 11) is -3.35. The van der Waals surface area contributed by atoms with Crippen LogP contribution in [0.15, 0.2) is 4.52 Å². The molecule has 0 aliphatic heterocycles. The molecule has 1 aliphatic carbocycles. The van der Waals surface area contributed by atoms with E-state index in [0.717, 1.165) is 18.8 Å². The lowest BCUT2D eigenvalue weighted by molar-refractivity contribution is -0.129. The third-order valence-corrected chi connectivity index (χ3v) is 6.45. The summed E-state index contributed by atoms with van der Waals surface area (Å²) >= 11 is 0. The quantitative estimate of drug-likeness (QED) is 0.381. The third kappa shape index (κ3) is 7.55. The van der Waals surface area contributed by atoms with E-state index in [0.29, 0.717) is 12.3 Å². The van der Waals surface area contributed by atoms with E-state index in [4.69, 9.17) is 9.73 Å². The summed E-state index contributed by atoms with van der Waals surface area (Å²) in [6.45, 7) is 1.49. The van der Waals surface area contributed by atoms with Crippen LogP contribution in [0.1, 0.15) is 82.3 Å². The van der Waals surface area contributed by atoms with E-state index >= 15 is 0 Å². The van der Waals surface area contributed by atoms with E-state index in [2.05, 4.69) is 14.9 Å². The van der Waals surface area contributed by atoms with Crippen LogP contribution in [0.3, 0.4) is 0 Å². The summed E-state index contributed by atoms with van der Waals surface area (Å²) < 4.78 is 30.7. The molecule has 154 valence electrons. The van der Waals surface area contributed by atoms with Crippen LogP contribution in [-0.4, -0.2) is 35.4 Å². The van der Waals surface area contributed by atoms with Gasteiger partial charge in [-0.1, -0.05) is 50.1 Å². The number of nitrogens with zero attached hydrogens (tertiary/aromatic N) is 2. The fourth-order valence-electron chi connectivity index (χ4n) is 3.49. The van der Waals surface area contributed by atoms with Crippen LogP contribution in [0.5, 0.6) is 0 Å². The van der Waals surface area contributed by atoms with E-state index in [1.54, 1.807) is 12.4 Å². The van der Waals surface area contributed by atoms with E-state index in [1.807, 2.05) is 0 Å². The molecule has 3 N–H and O–H groups in total. The fraction of sp³-hybridized carbons (Fsp3) is 0.824. The van der Waals surface area contributed by atoms with Crippen LogP contribution in [0, 0.1) is 5.92 Å². The molecule has 1 aliphatic rings. The molecule has 0 radical (unpaired) electrons. The number of sulfonamides is 1. The van der Waals surface area contributed by atoms with Gasteiger partial charge in [0.2, 0.25) is 21.8 Å². The van der Waals surface area contributed by atoms with Gasteiger partial charge in [0.15, 0.2) is 5.82 Å². The number of aromatic nitrogens is 2. The molecule has 1 fully saturated rings. The zero-order valence-corrected chi connectivity index (χ0v) is 16.6. The van der Waals surface area contributed by atoms with Gasteiger partial charge in [-0.3, -0.25) is 10.0 Å². The average molecular weight is 403 g/mol. The molecule has 0 aromatic carbocycles. The van der Waals surface area contributed by atoms with Gasteiger partial charge in [0, 0.05) is 12.3 Å². The van der Waals surface area contributed by atoms with Crippen molar-refractivity contribution in [2.24, 2.45) is 5.92 Å². The first-order valence-corrected chi connectivity index (χ1v) is 11.3. The van der Waals surface area contributed by atoms with E-state index in [1.165, 1.54) is 32.1 Å². The second-order valence-corrected chi connectivity index (χ2v) is 9.24. The molecule has 0 spiro atoms. The van der Waals surface area contributed by atoms with Crippen molar-refractivity contribution in [1.29, 1.82) is 0 Å². The molecular formula is C17H30N4O5S. The first-order chi connectivity index (χ1) is 12.9. The number of amides is 1. The molecule has 27 heavy (non-hydrogen) atoms. The van der Waals surface area contributed by atoms with E-state index in [-0.39, 0.29) is 30.5 Å². The predicted octanol–water partition coefficient (Wildman–Crippen LogP) is 2.24. The summed E-state index contributed by atoms with van der Waals surface area (Å²) in [4.78, 5) is 15.9. The predicted molar refractivity (Wildman–Crippen MR) is 98.3 cm³/mol. The normalized spacial score (nSPS) is 17.0. The summed E-state index contributed by atoms with van der Waals surface area (Å²) in [6.07, 6.45) is 9.23. The number of rotatable bonds is 11. The van der Waals surface area contributed by atoms with Crippen molar-refractivity contribution in [3.8, 4) is 0 Å². The average Bonchev–Trinajstić information content (AvgIpc) is 3.15. The van der Waals surface area contributed by atoms with Crippen LogP contribution >= 0.6 is 0 Å². The lowest BCUT2D eigenvalue weighted by Gasteiger charge is -2.22. The molecule has 0 bridgehead atoms. The van der Waals surface area contributed by atoms with Crippen molar-refractivity contribution in [2.45, 2.75) is 77.2 Å². The minimum absolute atomic E-state index is 0.0296. The second-order valence-electron chi connectivity index (χ2n) is 7.14. The number of nitrogens with one attached hydrogen (secondary N) is 2. The van der Waals surface area contributed by atoms with Gasteiger partial charge < -0.3 is 4.52 Å². The minimum atomic E-state index is -3.35. The zero-order valence-electron chi connectivity index (χ0n) is 15.8. The maximum absolute atomic E-state index is 11.6. The molecule has 2 rings (SSSR count). The Kier molecular flexibility index (Phi) is 8.65. The number of hydrogen-bond acceptors (Lipinski definition) is 7. The number of carbonyl (C=O) groups excluding carboxylic acids is 1. The summed E-state index contributed by atoms with van der Waals surface area (Å²) in [5.74, 6) is 0.427. The SMILES string of the molecule is CCS(=O)(=O)NCc1noc([C@@H](CCCC2CCCCC2)CC(=O)NO)n1. The molecule has 10 heteroatoms. The largest absolute Gasteiger partial charge is 0.339 e. The smallest absolute Gasteiger partial charge is 0.244 e. The van der Waals surface area contributed by atoms with Gasteiger partial charge in [0.05, 0.1) is 12.3 Å². The highest BCUT2D eigenvalue weighted by molar-refractivity contribution is 7.89. The van der Waals surface area contributed by atoms with Crippen LogP contribution in [0.4, 0.5) is 0 Å². The molecule has 0 saturated heterocycles. The topological polar surface area (TPSA) is 134 Å². The molecule has 1 aromatic heterocycles. The van der Waals surface area contributed by atoms with Crippen molar-refractivity contribution >= 4 is 15.9 Å². The zero-order chi connectivity index (χ0) is 19.7. The van der Waals surface area contributed by atoms with Crippen LogP contribution < -0.4 is 10.2 Å². The monoisotopic (exact) mass is 402 g/mol. The minimum Gasteiger partial charge on any atom is -0.339 e. The first kappa shape index (κ1) is 21.8. The summed E-state index contributed by atoms with van der Waals surface area (Å²) in [5.41, 5.74) is 1.64. The van der Waals surface area contributed by atoms with Crippen LogP contribution in [0.2, 0.25) is 0 Å². The van der Waals surface area contributed by atoms with Gasteiger partial charge in [-0.25, -0.2) is 18.6 Å². The lowest BCUT2D eigenvalue weighted by atomic mass is 9.84. The van der Waals surface area contributed by atoms with Crippen molar-refractivity contribution in [3.05, 3.63) is 11.7 Å². The highest BCUT2D eigenvalue weighted by atomic mass is 32.2. The van der Waals surface area contributed by atoms with Crippen LogP contribution in [0.25, 0.3) is 0 Å². The number of hydroxylamine groups is 1. The molecule has 9 nitrogen and oxygen atoms in total. The Morgan fingerprint density at radius 3 is 2.74 bits per heavy atom. The van der Waals surface area contributed by atoms with Crippen molar-refractivity contribution in [2.75, 3.05) is 5.75 Å². The third-order valence-electron chi connectivity index (χ3n) is 5.11. The molecule has 1 heterocycles. The highest BCUT2D eigenvalue weighted by Gasteiger charge is 2.23. The Morgan fingerprint density at radius 1 is 1.33 bits per heavy atom. The maximum Gasteiger partial charge on any atom is 0.244 e. The second kappa shape index (κ2) is 10.7. The van der Waals surface area contributed by atoms with Crippen LogP contribution in [-0.2, 0) is 21.4 Å². The molecule has 1 amide bonds. The van der Waals surface area contributed by atoms with Gasteiger partial charge >= 0.3 is 0 Å². The Morgan fingerprint density at radius 2 is 2.07 bits per heavy atom. The van der Waals surface area contributed by atoms with Gasteiger partial charge in [0.25, 0.3) is 0 Å². The Balaban J connectivity index is 1.93. The molecule has 0 unspecified atom stereocenters. The number of hydrogen-bond donors (Lipinski definition) is 3. The fourth-order valence-corrected chi connectivity index (χ4v) is 4.05. The summed E-state index contributed by atoms with van der Waals surface area (Å²) in [5, 5.41) is 12.6. The van der Waals surface area contributed by atoms with Crippen molar-refractivity contribution in [3.63, 3.8) is 0 Å². The Hall–Kier alpha value is -1.52. The molecule has 1 atom stereocenters. The van der Waals surface area contributed by atoms with Gasteiger partial charge in [-0.2, -0.15) is 4.98 Å². The lowest BCUT2D eigenvalue weighted by Crippen LogP contribution is -2.25. The Bertz CT molecular complexity index is 685. The van der Waals surface area contributed by atoms with E-state index in [9.17, 15) is 13.2 Å². The Labute approximate surface area is 160 Å². The van der Waals surface area contributed by atoms with E-state index < -0.39 is 15.9 Å². The van der Waals surface area contributed by atoms with Crippen molar-refractivity contribution in [1.82, 2.24) is 20.3 Å². The maximum atomic E-state index is 11.6. The molecular weight excluding hydrogens is 372 g/mol. The van der Waals surface area contributed by atoms with Crippen molar-refractivity contribution < 1.29 is 22.9 Å².